The number of halogens is 4. The second-order valence-electron chi connectivity index (χ2n) is 5.78. The van der Waals surface area contributed by atoms with Crippen molar-refractivity contribution in [3.8, 4) is 0 Å². The second-order valence-corrected chi connectivity index (χ2v) is 7.58. The fraction of sp³-hybridized carbons (Fsp3) is 0.833. The molecule has 0 aliphatic carbocycles. The Hall–Kier alpha value is 0.0849. The van der Waals surface area contributed by atoms with Crippen molar-refractivity contribution < 1.29 is 18.9 Å². The van der Waals surface area contributed by atoms with Gasteiger partial charge in [-0.2, -0.15) is 0 Å². The van der Waals surface area contributed by atoms with E-state index in [0.29, 0.717) is 28.4 Å². The third-order valence-corrected chi connectivity index (χ3v) is 3.68. The van der Waals surface area contributed by atoms with Gasteiger partial charge in [0.1, 0.15) is 12.1 Å². The predicted octanol–water partition coefficient (Wildman–Crippen LogP) is 3.66. The number of carbonyl (C=O) groups is 2. The lowest BCUT2D eigenvalue weighted by molar-refractivity contribution is -0.143. The van der Waals surface area contributed by atoms with Gasteiger partial charge < -0.3 is 9.31 Å². The van der Waals surface area contributed by atoms with Gasteiger partial charge in [0.25, 0.3) is 0 Å². The van der Waals surface area contributed by atoms with Crippen LogP contribution >= 0.6 is 47.1 Å². The molecule has 0 unspecified atom stereocenters. The fourth-order valence-electron chi connectivity index (χ4n) is 1.68. The molecule has 0 aromatic heterocycles. The van der Waals surface area contributed by atoms with Crippen LogP contribution in [0.1, 0.15) is 40.5 Å². The molecule has 2 atom stereocenters. The van der Waals surface area contributed by atoms with Gasteiger partial charge >= 0.3 is 19.6 Å². The van der Waals surface area contributed by atoms with E-state index in [2.05, 4.69) is 0 Å². The van der Waals surface area contributed by atoms with Gasteiger partial charge in [0.05, 0.1) is 0 Å². The minimum Gasteiger partial charge on any atom is -0.498 e. The summed E-state index contributed by atoms with van der Waals surface area (Å²) in [5.41, 5.74) is 0. The van der Waals surface area contributed by atoms with E-state index in [9.17, 15) is 9.59 Å². The Morgan fingerprint density at radius 3 is 1.35 bits per heavy atom. The van der Waals surface area contributed by atoms with E-state index in [1.807, 2.05) is 27.7 Å². The molecule has 0 fully saturated rings. The molecule has 0 N–H and O–H groups in total. The summed E-state index contributed by atoms with van der Waals surface area (Å²) in [6.07, 6.45) is 0.751. The Labute approximate surface area is 158 Å². The van der Waals surface area contributed by atoms with Gasteiger partial charge in [-0.05, 0) is 71.8 Å². The Morgan fingerprint density at radius 2 is 1.13 bits per heavy atom. The van der Waals surface area contributed by atoms with Gasteiger partial charge in [0.2, 0.25) is 0 Å². The van der Waals surface area contributed by atoms with Gasteiger partial charge in [-0.3, -0.25) is 9.59 Å². The summed E-state index contributed by atoms with van der Waals surface area (Å²) in [5, 5.41) is 0. The van der Waals surface area contributed by atoms with Crippen molar-refractivity contribution in [2.24, 2.45) is 11.8 Å². The predicted molar refractivity (Wildman–Crippen MR) is 91.5 cm³/mol. The Balaban J connectivity index is 4.45. The van der Waals surface area contributed by atoms with E-state index < -0.39 is 24.0 Å². The van der Waals surface area contributed by atoms with Gasteiger partial charge in [0.15, 0.2) is 0 Å². The van der Waals surface area contributed by atoms with Gasteiger partial charge in [-0.15, -0.1) is 7.88 Å². The van der Waals surface area contributed by atoms with E-state index in [-0.39, 0.29) is 11.8 Å². The molecule has 0 saturated heterocycles. The van der Waals surface area contributed by atoms with Crippen LogP contribution in [0.3, 0.4) is 0 Å². The first-order chi connectivity index (χ1) is 10.6. The van der Waals surface area contributed by atoms with Crippen molar-refractivity contribution in [3.63, 3.8) is 0 Å². The third kappa shape index (κ3) is 9.84. The highest BCUT2D eigenvalue weighted by molar-refractivity contribution is 6.36. The zero-order valence-corrected chi connectivity index (χ0v) is 16.4. The van der Waals surface area contributed by atoms with E-state index in [1.165, 1.54) is 0 Å². The number of rotatable bonds is 10. The standard InChI is InChI=1S/C12H20BCl4N2O4/c1-7(2)5-9(18(14)15)11(20)22-13-23-12(21)10(19(16)17)6-8(3)4/h7-10H,5-6H2,1-4H3/t9-,10-/m0/s1. The van der Waals surface area contributed by atoms with Crippen molar-refractivity contribution >= 4 is 66.7 Å². The topological polar surface area (TPSA) is 59.1 Å². The highest BCUT2D eigenvalue weighted by Crippen LogP contribution is 2.19. The Bertz CT molecular complexity index is 352. The second kappa shape index (κ2) is 11.6. The van der Waals surface area contributed by atoms with Crippen LogP contribution < -0.4 is 0 Å². The maximum Gasteiger partial charge on any atom is 0.662 e. The van der Waals surface area contributed by atoms with Gasteiger partial charge in [-0.25, -0.2) is 0 Å². The van der Waals surface area contributed by atoms with E-state index in [1.54, 1.807) is 0 Å². The summed E-state index contributed by atoms with van der Waals surface area (Å²) >= 11 is 22.4. The normalized spacial score (nSPS) is 14.3. The average Bonchev–Trinajstić information content (AvgIpc) is 2.40. The number of hydrogen-bond donors (Lipinski definition) is 0. The molecule has 0 amide bonds. The minimum absolute atomic E-state index is 0.159. The molecule has 23 heavy (non-hydrogen) atoms. The number of nitrogens with zero attached hydrogens (tertiary/aromatic N) is 2. The quantitative estimate of drug-likeness (QED) is 0.406. The van der Waals surface area contributed by atoms with Crippen LogP contribution in [0.2, 0.25) is 0 Å². The highest BCUT2D eigenvalue weighted by atomic mass is 35.5. The third-order valence-electron chi connectivity index (χ3n) is 2.73. The van der Waals surface area contributed by atoms with E-state index >= 15 is 0 Å². The van der Waals surface area contributed by atoms with Crippen LogP contribution in [-0.2, 0) is 18.9 Å². The molecule has 0 aliphatic heterocycles. The molecule has 0 saturated carbocycles. The molecule has 133 valence electrons. The molecule has 1 radical (unpaired) electrons. The molecular formula is C12H20BCl4N2O4. The molecule has 11 heteroatoms. The first kappa shape index (κ1) is 23.1. The molecule has 0 aromatic carbocycles. The van der Waals surface area contributed by atoms with Crippen molar-refractivity contribution in [2.75, 3.05) is 0 Å². The van der Waals surface area contributed by atoms with Crippen LogP contribution in [0, 0.1) is 11.8 Å². The minimum atomic E-state index is -0.878. The lowest BCUT2D eigenvalue weighted by atomic mass is 10.0. The van der Waals surface area contributed by atoms with Gasteiger partial charge in [-0.1, -0.05) is 27.7 Å². The molecule has 0 aliphatic rings. The van der Waals surface area contributed by atoms with Gasteiger partial charge in [0, 0.05) is 0 Å². The van der Waals surface area contributed by atoms with Crippen LogP contribution in [-0.4, -0.2) is 39.6 Å². The van der Waals surface area contributed by atoms with Crippen molar-refractivity contribution in [2.45, 2.75) is 52.6 Å². The summed E-state index contributed by atoms with van der Waals surface area (Å²) in [7, 11) is 0.625. The summed E-state index contributed by atoms with van der Waals surface area (Å²) in [5.74, 6) is -1.17. The Morgan fingerprint density at radius 1 is 0.826 bits per heavy atom. The van der Waals surface area contributed by atoms with Crippen molar-refractivity contribution in [3.05, 3.63) is 0 Å². The number of carbonyl (C=O) groups excluding carboxylic acids is 2. The Kier molecular flexibility index (Phi) is 11.6. The first-order valence-corrected chi connectivity index (χ1v) is 8.35. The summed E-state index contributed by atoms with van der Waals surface area (Å²) in [4.78, 5) is 23.7. The van der Waals surface area contributed by atoms with Crippen molar-refractivity contribution in [1.82, 2.24) is 7.88 Å². The summed E-state index contributed by atoms with van der Waals surface area (Å²) in [6, 6.07) is -1.76. The lowest BCUT2D eigenvalue weighted by Gasteiger charge is -2.21. The largest absolute Gasteiger partial charge is 0.662 e. The molecule has 0 rings (SSSR count). The van der Waals surface area contributed by atoms with Crippen LogP contribution in [0.4, 0.5) is 0 Å². The molecular weight excluding hydrogens is 389 g/mol. The van der Waals surface area contributed by atoms with E-state index in [4.69, 9.17) is 56.4 Å². The average molecular weight is 409 g/mol. The fourth-order valence-corrected chi connectivity index (χ4v) is 2.32. The zero-order chi connectivity index (χ0) is 18.2. The highest BCUT2D eigenvalue weighted by Gasteiger charge is 2.30. The number of hydrogen-bond acceptors (Lipinski definition) is 6. The maximum atomic E-state index is 11.9. The smallest absolute Gasteiger partial charge is 0.498 e. The molecule has 0 aromatic rings. The van der Waals surface area contributed by atoms with Crippen LogP contribution in [0.25, 0.3) is 0 Å². The first-order valence-electron chi connectivity index (χ1n) is 7.00. The summed E-state index contributed by atoms with van der Waals surface area (Å²) < 4.78 is 10.9. The zero-order valence-electron chi connectivity index (χ0n) is 13.3. The maximum absolute atomic E-state index is 11.9. The molecule has 0 bridgehead atoms. The van der Waals surface area contributed by atoms with Crippen molar-refractivity contribution in [1.29, 1.82) is 0 Å². The summed E-state index contributed by atoms with van der Waals surface area (Å²) in [6.45, 7) is 7.58. The molecule has 6 nitrogen and oxygen atoms in total. The van der Waals surface area contributed by atoms with Crippen LogP contribution in [0.5, 0.6) is 0 Å². The SMILES string of the molecule is CC(C)C[C@@H](C(=O)O[B]OC(=O)[C@H](CC(C)C)N(Cl)Cl)N(Cl)Cl. The lowest BCUT2D eigenvalue weighted by Crippen LogP contribution is -2.37. The molecule has 0 spiro atoms. The monoisotopic (exact) mass is 407 g/mol. The molecule has 0 heterocycles. The van der Waals surface area contributed by atoms with Crippen LogP contribution in [0.15, 0.2) is 0 Å². The van der Waals surface area contributed by atoms with E-state index in [0.717, 1.165) is 0 Å².